The van der Waals surface area contributed by atoms with Crippen molar-refractivity contribution in [2.24, 2.45) is 5.92 Å². The molecule has 0 bridgehead atoms. The van der Waals surface area contributed by atoms with Crippen LogP contribution in [0.3, 0.4) is 0 Å². The molecule has 1 aromatic carbocycles. The lowest BCUT2D eigenvalue weighted by molar-refractivity contribution is -0.188. The van der Waals surface area contributed by atoms with Crippen molar-refractivity contribution in [2.45, 2.75) is 39.6 Å². The smallest absolute Gasteiger partial charge is 0.305 e. The van der Waals surface area contributed by atoms with E-state index in [1.54, 1.807) is 6.07 Å². The predicted molar refractivity (Wildman–Crippen MR) is 70.9 cm³/mol. The monoisotopic (exact) mass is 278 g/mol. The number of carbonyl (C=O) groups is 2. The Morgan fingerprint density at radius 2 is 1.80 bits per heavy atom. The van der Waals surface area contributed by atoms with Gasteiger partial charge in [-0.1, -0.05) is 25.1 Å². The SMILES string of the molecule is CCC1C(OC(C)=O)Oc2ccccc2C1OC(C)=O. The largest absolute Gasteiger partial charge is 0.457 e. The van der Waals surface area contributed by atoms with Gasteiger partial charge in [0.2, 0.25) is 0 Å². The number of fused-ring (bicyclic) bond motifs is 1. The minimum Gasteiger partial charge on any atom is -0.457 e. The Kier molecular flexibility index (Phi) is 4.27. The topological polar surface area (TPSA) is 61.8 Å². The first-order valence-electron chi connectivity index (χ1n) is 6.63. The van der Waals surface area contributed by atoms with E-state index in [9.17, 15) is 9.59 Å². The fraction of sp³-hybridized carbons (Fsp3) is 0.467. The van der Waals surface area contributed by atoms with Crippen LogP contribution in [0.25, 0.3) is 0 Å². The third-order valence-corrected chi connectivity index (χ3v) is 3.25. The summed E-state index contributed by atoms with van der Waals surface area (Å²) in [5.74, 6) is -0.437. The van der Waals surface area contributed by atoms with Gasteiger partial charge in [0.15, 0.2) is 0 Å². The Hall–Kier alpha value is -2.04. The van der Waals surface area contributed by atoms with Crippen molar-refractivity contribution in [3.8, 4) is 5.75 Å². The first kappa shape index (κ1) is 14.4. The molecule has 2 rings (SSSR count). The van der Waals surface area contributed by atoms with Crippen LogP contribution in [0, 0.1) is 5.92 Å². The maximum Gasteiger partial charge on any atom is 0.305 e. The van der Waals surface area contributed by atoms with Crippen LogP contribution in [-0.4, -0.2) is 18.2 Å². The Bertz CT molecular complexity index is 511. The molecule has 0 amide bonds. The molecular weight excluding hydrogens is 260 g/mol. The van der Waals surface area contributed by atoms with Crippen LogP contribution in [0.15, 0.2) is 24.3 Å². The third-order valence-electron chi connectivity index (χ3n) is 3.25. The molecule has 1 aromatic rings. The number of benzene rings is 1. The molecule has 5 nitrogen and oxygen atoms in total. The molecule has 0 saturated heterocycles. The molecule has 0 aromatic heterocycles. The normalized spacial score (nSPS) is 24.2. The van der Waals surface area contributed by atoms with E-state index in [2.05, 4.69) is 0 Å². The van der Waals surface area contributed by atoms with Crippen LogP contribution in [0.2, 0.25) is 0 Å². The minimum atomic E-state index is -0.739. The lowest BCUT2D eigenvalue weighted by Crippen LogP contribution is -2.40. The van der Waals surface area contributed by atoms with E-state index in [4.69, 9.17) is 14.2 Å². The van der Waals surface area contributed by atoms with Crippen LogP contribution in [-0.2, 0) is 19.1 Å². The van der Waals surface area contributed by atoms with Crippen LogP contribution in [0.1, 0.15) is 38.9 Å². The van der Waals surface area contributed by atoms with Crippen LogP contribution < -0.4 is 4.74 Å². The number of hydrogen-bond acceptors (Lipinski definition) is 5. The summed E-state index contributed by atoms with van der Waals surface area (Å²) in [4.78, 5) is 22.5. The number of rotatable bonds is 3. The first-order chi connectivity index (χ1) is 9.52. The van der Waals surface area contributed by atoms with Crippen molar-refractivity contribution in [1.29, 1.82) is 0 Å². The standard InChI is InChI=1S/C15H18O5/c1-4-11-14(18-9(2)16)12-7-5-6-8-13(12)20-15(11)19-10(3)17/h5-8,11,14-15H,4H2,1-3H3. The Morgan fingerprint density at radius 1 is 1.15 bits per heavy atom. The average Bonchev–Trinajstić information content (AvgIpc) is 2.37. The van der Waals surface area contributed by atoms with Crippen molar-refractivity contribution < 1.29 is 23.8 Å². The summed E-state index contributed by atoms with van der Waals surface area (Å²) in [6, 6.07) is 7.31. The van der Waals surface area contributed by atoms with E-state index in [0.29, 0.717) is 12.2 Å². The van der Waals surface area contributed by atoms with E-state index >= 15 is 0 Å². The quantitative estimate of drug-likeness (QED) is 0.795. The van der Waals surface area contributed by atoms with Gasteiger partial charge in [0.25, 0.3) is 6.29 Å². The van der Waals surface area contributed by atoms with Crippen molar-refractivity contribution in [3.05, 3.63) is 29.8 Å². The zero-order valence-electron chi connectivity index (χ0n) is 11.8. The molecule has 0 aliphatic carbocycles. The van der Waals surface area contributed by atoms with Gasteiger partial charge in [-0.3, -0.25) is 9.59 Å². The van der Waals surface area contributed by atoms with Crippen molar-refractivity contribution in [2.75, 3.05) is 0 Å². The minimum absolute atomic E-state index is 0.224. The van der Waals surface area contributed by atoms with Crippen molar-refractivity contribution in [1.82, 2.24) is 0 Å². The summed E-state index contributed by atoms with van der Waals surface area (Å²) < 4.78 is 16.4. The fourth-order valence-corrected chi connectivity index (χ4v) is 2.42. The van der Waals surface area contributed by atoms with E-state index < -0.39 is 18.4 Å². The summed E-state index contributed by atoms with van der Waals surface area (Å²) >= 11 is 0. The maximum atomic E-state index is 11.3. The molecule has 1 aliphatic heterocycles. The fourth-order valence-electron chi connectivity index (χ4n) is 2.42. The van der Waals surface area contributed by atoms with Gasteiger partial charge in [0.1, 0.15) is 11.9 Å². The van der Waals surface area contributed by atoms with Gasteiger partial charge < -0.3 is 14.2 Å². The predicted octanol–water partition coefficient (Wildman–Crippen LogP) is 2.60. The molecule has 108 valence electrons. The van der Waals surface area contributed by atoms with E-state index in [1.807, 2.05) is 25.1 Å². The number of para-hydroxylation sites is 1. The number of carbonyl (C=O) groups excluding carboxylic acids is 2. The third kappa shape index (κ3) is 2.92. The zero-order chi connectivity index (χ0) is 14.7. The molecule has 5 heteroatoms. The van der Waals surface area contributed by atoms with E-state index in [0.717, 1.165) is 5.56 Å². The highest BCUT2D eigenvalue weighted by Crippen LogP contribution is 2.42. The highest BCUT2D eigenvalue weighted by molar-refractivity contribution is 5.67. The molecule has 1 aliphatic rings. The number of ether oxygens (including phenoxy) is 3. The molecule has 3 atom stereocenters. The van der Waals surface area contributed by atoms with E-state index in [-0.39, 0.29) is 11.9 Å². The van der Waals surface area contributed by atoms with Gasteiger partial charge in [-0.25, -0.2) is 0 Å². The highest BCUT2D eigenvalue weighted by Gasteiger charge is 2.41. The van der Waals surface area contributed by atoms with Gasteiger partial charge >= 0.3 is 11.9 Å². The molecule has 3 unspecified atom stereocenters. The van der Waals surface area contributed by atoms with Gasteiger partial charge in [-0.05, 0) is 12.5 Å². The summed E-state index contributed by atoms with van der Waals surface area (Å²) in [5, 5.41) is 0. The molecular formula is C15H18O5. The van der Waals surface area contributed by atoms with E-state index in [1.165, 1.54) is 13.8 Å². The lowest BCUT2D eigenvalue weighted by atomic mass is 9.89. The van der Waals surface area contributed by atoms with Gasteiger partial charge in [0, 0.05) is 19.4 Å². The maximum absolute atomic E-state index is 11.3. The van der Waals surface area contributed by atoms with Gasteiger partial charge in [0.05, 0.1) is 5.92 Å². The summed E-state index contributed by atoms with van der Waals surface area (Å²) in [6.07, 6.45) is -0.548. The Morgan fingerprint density at radius 3 is 2.40 bits per heavy atom. The van der Waals surface area contributed by atoms with Crippen LogP contribution >= 0.6 is 0 Å². The number of esters is 2. The lowest BCUT2D eigenvalue weighted by Gasteiger charge is -2.37. The molecule has 0 fully saturated rings. The molecule has 0 radical (unpaired) electrons. The summed E-state index contributed by atoms with van der Waals surface area (Å²) in [6.45, 7) is 4.64. The second kappa shape index (κ2) is 5.94. The highest BCUT2D eigenvalue weighted by atomic mass is 16.7. The Balaban J connectivity index is 2.38. The molecule has 20 heavy (non-hydrogen) atoms. The second-order valence-corrected chi connectivity index (χ2v) is 4.74. The molecule has 0 N–H and O–H groups in total. The van der Waals surface area contributed by atoms with Gasteiger partial charge in [-0.2, -0.15) is 0 Å². The summed E-state index contributed by atoms with van der Waals surface area (Å²) in [5.41, 5.74) is 0.804. The second-order valence-electron chi connectivity index (χ2n) is 4.74. The first-order valence-corrected chi connectivity index (χ1v) is 6.63. The average molecular weight is 278 g/mol. The van der Waals surface area contributed by atoms with Crippen molar-refractivity contribution >= 4 is 11.9 Å². The zero-order valence-corrected chi connectivity index (χ0v) is 11.8. The molecule has 0 saturated carbocycles. The molecule has 1 heterocycles. The van der Waals surface area contributed by atoms with Crippen LogP contribution in [0.4, 0.5) is 0 Å². The van der Waals surface area contributed by atoms with Crippen LogP contribution in [0.5, 0.6) is 5.75 Å². The Labute approximate surface area is 117 Å². The molecule has 0 spiro atoms. The number of hydrogen-bond donors (Lipinski definition) is 0. The van der Waals surface area contributed by atoms with Crippen molar-refractivity contribution in [3.63, 3.8) is 0 Å². The summed E-state index contributed by atoms with van der Waals surface area (Å²) in [7, 11) is 0. The van der Waals surface area contributed by atoms with Gasteiger partial charge in [-0.15, -0.1) is 0 Å².